The van der Waals surface area contributed by atoms with Crippen molar-refractivity contribution in [2.75, 3.05) is 36.4 Å². The molecule has 0 saturated carbocycles. The fourth-order valence-corrected chi connectivity index (χ4v) is 3.18. The van der Waals surface area contributed by atoms with E-state index in [1.54, 1.807) is 31.7 Å². The second-order valence-corrected chi connectivity index (χ2v) is 7.52. The maximum atomic E-state index is 13.0. The molecule has 1 aliphatic heterocycles. The van der Waals surface area contributed by atoms with Crippen LogP contribution in [0, 0.1) is 19.3 Å². The van der Waals surface area contributed by atoms with Gasteiger partial charge in [0.15, 0.2) is 5.82 Å². The molecule has 0 unspecified atom stereocenters. The first kappa shape index (κ1) is 18.9. The van der Waals surface area contributed by atoms with Gasteiger partial charge in [0.05, 0.1) is 0 Å². The maximum absolute atomic E-state index is 13.0. The largest absolute Gasteiger partial charge is 0.368 e. The van der Waals surface area contributed by atoms with E-state index in [0.29, 0.717) is 24.7 Å². The molecule has 0 bridgehead atoms. The molecule has 3 rings (SSSR count). The SMILES string of the molecule is Cc1cccc(N2CCN(C(=O)C(C)(C)C(=O)Nc3cc(C)on3)CC2)c1. The first-order valence-electron chi connectivity index (χ1n) is 9.13. The molecule has 0 radical (unpaired) electrons. The van der Waals surface area contributed by atoms with Crippen molar-refractivity contribution in [2.24, 2.45) is 5.41 Å². The third-order valence-corrected chi connectivity index (χ3v) is 4.91. The Bertz CT molecular complexity index is 835. The van der Waals surface area contributed by atoms with Crippen LogP contribution in [0.3, 0.4) is 0 Å². The Labute approximate surface area is 159 Å². The number of hydrogen-bond donors (Lipinski definition) is 1. The van der Waals surface area contributed by atoms with Crippen molar-refractivity contribution in [1.29, 1.82) is 0 Å². The molecule has 0 aliphatic carbocycles. The third-order valence-electron chi connectivity index (χ3n) is 4.91. The van der Waals surface area contributed by atoms with Gasteiger partial charge in [-0.1, -0.05) is 17.3 Å². The summed E-state index contributed by atoms with van der Waals surface area (Å²) in [6, 6.07) is 9.97. The summed E-state index contributed by atoms with van der Waals surface area (Å²) in [6.45, 7) is 9.77. The van der Waals surface area contributed by atoms with Crippen LogP contribution < -0.4 is 10.2 Å². The van der Waals surface area contributed by atoms with Gasteiger partial charge >= 0.3 is 0 Å². The molecule has 2 amide bonds. The summed E-state index contributed by atoms with van der Waals surface area (Å²) >= 11 is 0. The lowest BCUT2D eigenvalue weighted by Gasteiger charge is -2.39. The van der Waals surface area contributed by atoms with Gasteiger partial charge in [-0.25, -0.2) is 0 Å². The van der Waals surface area contributed by atoms with Gasteiger partial charge in [0, 0.05) is 37.9 Å². The third kappa shape index (κ3) is 4.13. The molecular formula is C20H26N4O3. The highest BCUT2D eigenvalue weighted by Crippen LogP contribution is 2.24. The standard InChI is InChI=1S/C20H26N4O3/c1-14-6-5-7-16(12-14)23-8-10-24(11-9-23)19(26)20(3,4)18(25)21-17-13-15(2)27-22-17/h5-7,12-13H,8-11H2,1-4H3,(H,21,22,25). The molecule has 1 aromatic carbocycles. The van der Waals surface area contributed by atoms with Crippen molar-refractivity contribution in [3.05, 3.63) is 41.7 Å². The average Bonchev–Trinajstić information content (AvgIpc) is 3.06. The topological polar surface area (TPSA) is 78.7 Å². The zero-order valence-electron chi connectivity index (χ0n) is 16.3. The second kappa shape index (κ2) is 7.42. The lowest BCUT2D eigenvalue weighted by atomic mass is 9.90. The van der Waals surface area contributed by atoms with Crippen molar-refractivity contribution in [1.82, 2.24) is 10.1 Å². The van der Waals surface area contributed by atoms with E-state index in [2.05, 4.69) is 40.5 Å². The van der Waals surface area contributed by atoms with E-state index >= 15 is 0 Å². The summed E-state index contributed by atoms with van der Waals surface area (Å²) < 4.78 is 4.95. The molecule has 1 aromatic heterocycles. The van der Waals surface area contributed by atoms with E-state index in [4.69, 9.17) is 4.52 Å². The Morgan fingerprint density at radius 2 is 1.81 bits per heavy atom. The molecule has 1 N–H and O–H groups in total. The normalized spacial score (nSPS) is 15.0. The number of nitrogens with one attached hydrogen (secondary N) is 1. The highest BCUT2D eigenvalue weighted by molar-refractivity contribution is 6.09. The molecule has 2 aromatic rings. The summed E-state index contributed by atoms with van der Waals surface area (Å²) in [5, 5.41) is 6.42. The molecule has 27 heavy (non-hydrogen) atoms. The Hall–Kier alpha value is -2.83. The van der Waals surface area contributed by atoms with Gasteiger partial charge in [-0.15, -0.1) is 0 Å². The van der Waals surface area contributed by atoms with Crippen LogP contribution in [0.5, 0.6) is 0 Å². The number of piperazine rings is 1. The zero-order valence-corrected chi connectivity index (χ0v) is 16.3. The molecule has 7 heteroatoms. The number of nitrogens with zero attached hydrogens (tertiary/aromatic N) is 3. The van der Waals surface area contributed by atoms with Crippen LogP contribution >= 0.6 is 0 Å². The molecule has 0 atom stereocenters. The highest BCUT2D eigenvalue weighted by Gasteiger charge is 2.40. The molecule has 1 fully saturated rings. The van der Waals surface area contributed by atoms with Crippen molar-refractivity contribution in [2.45, 2.75) is 27.7 Å². The van der Waals surface area contributed by atoms with Gasteiger partial charge < -0.3 is 19.6 Å². The predicted octanol–water partition coefficient (Wildman–Crippen LogP) is 2.60. The second-order valence-electron chi connectivity index (χ2n) is 7.52. The molecule has 1 saturated heterocycles. The number of rotatable bonds is 4. The monoisotopic (exact) mass is 370 g/mol. The minimum Gasteiger partial charge on any atom is -0.368 e. The number of carbonyl (C=O) groups excluding carboxylic acids is 2. The molecule has 2 heterocycles. The fourth-order valence-electron chi connectivity index (χ4n) is 3.18. The lowest BCUT2D eigenvalue weighted by molar-refractivity contribution is -0.146. The summed E-state index contributed by atoms with van der Waals surface area (Å²) in [4.78, 5) is 29.6. The molecule has 7 nitrogen and oxygen atoms in total. The highest BCUT2D eigenvalue weighted by atomic mass is 16.5. The summed E-state index contributed by atoms with van der Waals surface area (Å²) in [5.74, 6) is 0.357. The smallest absolute Gasteiger partial charge is 0.240 e. The van der Waals surface area contributed by atoms with Crippen molar-refractivity contribution >= 4 is 23.3 Å². The number of hydrogen-bond acceptors (Lipinski definition) is 5. The first-order chi connectivity index (χ1) is 12.8. The van der Waals surface area contributed by atoms with E-state index in [1.807, 2.05) is 6.07 Å². The van der Waals surface area contributed by atoms with Crippen LogP contribution in [-0.2, 0) is 9.59 Å². The summed E-state index contributed by atoms with van der Waals surface area (Å²) in [7, 11) is 0. The van der Waals surface area contributed by atoms with Crippen molar-refractivity contribution in [3.63, 3.8) is 0 Å². The number of aromatic nitrogens is 1. The van der Waals surface area contributed by atoms with E-state index in [-0.39, 0.29) is 11.8 Å². The quantitative estimate of drug-likeness (QED) is 0.837. The van der Waals surface area contributed by atoms with Crippen LogP contribution in [0.2, 0.25) is 0 Å². The fraction of sp³-hybridized carbons (Fsp3) is 0.450. The number of anilines is 2. The van der Waals surface area contributed by atoms with Gasteiger partial charge in [-0.2, -0.15) is 0 Å². The lowest BCUT2D eigenvalue weighted by Crippen LogP contribution is -2.54. The van der Waals surface area contributed by atoms with Crippen LogP contribution in [0.1, 0.15) is 25.2 Å². The van der Waals surface area contributed by atoms with Gasteiger partial charge in [0.25, 0.3) is 0 Å². The molecule has 0 spiro atoms. The molecule has 144 valence electrons. The van der Waals surface area contributed by atoms with Gasteiger partial charge in [-0.3, -0.25) is 9.59 Å². The Morgan fingerprint density at radius 1 is 1.11 bits per heavy atom. The van der Waals surface area contributed by atoms with E-state index < -0.39 is 5.41 Å². The predicted molar refractivity (Wildman–Crippen MR) is 104 cm³/mol. The van der Waals surface area contributed by atoms with Gasteiger partial charge in [-0.05, 0) is 45.4 Å². The number of carbonyl (C=O) groups is 2. The van der Waals surface area contributed by atoms with E-state index in [9.17, 15) is 9.59 Å². The Kier molecular flexibility index (Phi) is 5.21. The first-order valence-corrected chi connectivity index (χ1v) is 9.13. The zero-order chi connectivity index (χ0) is 19.6. The Morgan fingerprint density at radius 3 is 2.41 bits per heavy atom. The number of amides is 2. The van der Waals surface area contributed by atoms with Crippen LogP contribution in [0.25, 0.3) is 0 Å². The van der Waals surface area contributed by atoms with Crippen LogP contribution in [0.15, 0.2) is 34.9 Å². The van der Waals surface area contributed by atoms with Gasteiger partial charge in [0.1, 0.15) is 11.2 Å². The average molecular weight is 370 g/mol. The van der Waals surface area contributed by atoms with Crippen molar-refractivity contribution < 1.29 is 14.1 Å². The summed E-state index contributed by atoms with van der Waals surface area (Å²) in [6.07, 6.45) is 0. The Balaban J connectivity index is 1.61. The maximum Gasteiger partial charge on any atom is 0.240 e. The molecular weight excluding hydrogens is 344 g/mol. The number of aryl methyl sites for hydroxylation is 2. The van der Waals surface area contributed by atoms with E-state index in [0.717, 1.165) is 13.1 Å². The molecule has 1 aliphatic rings. The minimum atomic E-state index is -1.18. The van der Waals surface area contributed by atoms with E-state index in [1.165, 1.54) is 11.3 Å². The van der Waals surface area contributed by atoms with Gasteiger partial charge in [0.2, 0.25) is 11.8 Å². The van der Waals surface area contributed by atoms with Crippen LogP contribution in [-0.4, -0.2) is 48.0 Å². The summed E-state index contributed by atoms with van der Waals surface area (Å²) in [5.41, 5.74) is 1.20. The van der Waals surface area contributed by atoms with Crippen molar-refractivity contribution in [3.8, 4) is 0 Å². The van der Waals surface area contributed by atoms with Crippen LogP contribution in [0.4, 0.5) is 11.5 Å². The number of benzene rings is 1. The minimum absolute atomic E-state index is 0.177.